The lowest BCUT2D eigenvalue weighted by atomic mass is 9.78. The fraction of sp³-hybridized carbons (Fsp3) is 0.579. The van der Waals surface area contributed by atoms with Crippen LogP contribution in [0.2, 0.25) is 0 Å². The molecule has 2 amide bonds. The van der Waals surface area contributed by atoms with Crippen LogP contribution in [0.5, 0.6) is 0 Å². The Labute approximate surface area is 159 Å². The molecule has 2 fully saturated rings. The average Bonchev–Trinajstić information content (AvgIpc) is 2.69. The van der Waals surface area contributed by atoms with E-state index in [0.29, 0.717) is 17.9 Å². The van der Waals surface area contributed by atoms with Crippen LogP contribution in [0.1, 0.15) is 23.2 Å². The van der Waals surface area contributed by atoms with Gasteiger partial charge in [-0.15, -0.1) is 0 Å². The molecule has 2 heterocycles. The van der Waals surface area contributed by atoms with Gasteiger partial charge < -0.3 is 20.3 Å². The number of piperidine rings is 1. The summed E-state index contributed by atoms with van der Waals surface area (Å²) in [5, 5.41) is 6.30. The van der Waals surface area contributed by atoms with Gasteiger partial charge in [0.2, 0.25) is 5.91 Å². The molecular formula is C19H27N3O3S. The van der Waals surface area contributed by atoms with E-state index in [1.54, 1.807) is 13.2 Å². The van der Waals surface area contributed by atoms with Crippen molar-refractivity contribution < 1.29 is 14.3 Å². The van der Waals surface area contributed by atoms with Gasteiger partial charge in [-0.25, -0.2) is 0 Å². The van der Waals surface area contributed by atoms with E-state index in [1.807, 2.05) is 34.9 Å². The van der Waals surface area contributed by atoms with Crippen molar-refractivity contribution >= 4 is 29.3 Å². The van der Waals surface area contributed by atoms with Crippen LogP contribution in [0.4, 0.5) is 5.69 Å². The summed E-state index contributed by atoms with van der Waals surface area (Å²) in [4.78, 5) is 27.5. The molecule has 0 atom stereocenters. The quantitative estimate of drug-likeness (QED) is 0.819. The largest absolute Gasteiger partial charge is 0.384 e. The van der Waals surface area contributed by atoms with Gasteiger partial charge in [0.1, 0.15) is 0 Å². The SMILES string of the molecule is COCC1(C(=O)Nc2cccc(C(=O)N3CCSCC3)c2)CCNCC1. The van der Waals surface area contributed by atoms with Crippen molar-refractivity contribution in [2.24, 2.45) is 5.41 Å². The molecule has 26 heavy (non-hydrogen) atoms. The number of benzene rings is 1. The Morgan fingerprint density at radius 3 is 2.69 bits per heavy atom. The number of anilines is 1. The van der Waals surface area contributed by atoms with Crippen molar-refractivity contribution in [1.82, 2.24) is 10.2 Å². The third-order valence-electron chi connectivity index (χ3n) is 5.13. The third-order valence-corrected chi connectivity index (χ3v) is 6.07. The van der Waals surface area contributed by atoms with Crippen molar-refractivity contribution in [3.8, 4) is 0 Å². The average molecular weight is 378 g/mol. The van der Waals surface area contributed by atoms with E-state index in [-0.39, 0.29) is 11.8 Å². The fourth-order valence-electron chi connectivity index (χ4n) is 3.56. The predicted molar refractivity (Wildman–Crippen MR) is 105 cm³/mol. The summed E-state index contributed by atoms with van der Waals surface area (Å²) in [6, 6.07) is 7.26. The highest BCUT2D eigenvalue weighted by Gasteiger charge is 2.39. The van der Waals surface area contributed by atoms with Crippen LogP contribution in [0.25, 0.3) is 0 Å². The van der Waals surface area contributed by atoms with Crippen molar-refractivity contribution in [2.45, 2.75) is 12.8 Å². The molecule has 2 N–H and O–H groups in total. The molecule has 0 aliphatic carbocycles. The van der Waals surface area contributed by atoms with Gasteiger partial charge in [-0.3, -0.25) is 9.59 Å². The van der Waals surface area contributed by atoms with Gasteiger partial charge in [-0.2, -0.15) is 11.8 Å². The first-order valence-electron chi connectivity index (χ1n) is 9.13. The Hall–Kier alpha value is -1.57. The summed E-state index contributed by atoms with van der Waals surface area (Å²) in [5.74, 6) is 1.97. The minimum Gasteiger partial charge on any atom is -0.384 e. The molecule has 2 saturated heterocycles. The molecule has 3 rings (SSSR count). The van der Waals surface area contributed by atoms with E-state index in [4.69, 9.17) is 4.74 Å². The van der Waals surface area contributed by atoms with Crippen molar-refractivity contribution in [1.29, 1.82) is 0 Å². The monoisotopic (exact) mass is 377 g/mol. The number of ether oxygens (including phenoxy) is 1. The van der Waals surface area contributed by atoms with Gasteiger partial charge in [-0.05, 0) is 44.1 Å². The summed E-state index contributed by atoms with van der Waals surface area (Å²) >= 11 is 1.87. The second kappa shape index (κ2) is 8.88. The van der Waals surface area contributed by atoms with Crippen LogP contribution in [-0.2, 0) is 9.53 Å². The van der Waals surface area contributed by atoms with Crippen LogP contribution in [0, 0.1) is 5.41 Å². The molecule has 1 aromatic rings. The maximum Gasteiger partial charge on any atom is 0.253 e. The highest BCUT2D eigenvalue weighted by atomic mass is 32.2. The van der Waals surface area contributed by atoms with Crippen molar-refractivity contribution in [3.05, 3.63) is 29.8 Å². The van der Waals surface area contributed by atoms with E-state index in [2.05, 4.69) is 10.6 Å². The van der Waals surface area contributed by atoms with E-state index >= 15 is 0 Å². The van der Waals surface area contributed by atoms with E-state index in [1.165, 1.54) is 0 Å². The zero-order valence-electron chi connectivity index (χ0n) is 15.3. The van der Waals surface area contributed by atoms with Gasteiger partial charge in [0, 0.05) is 43.0 Å². The van der Waals surface area contributed by atoms with E-state index in [9.17, 15) is 9.59 Å². The highest BCUT2D eigenvalue weighted by molar-refractivity contribution is 7.99. The Kier molecular flexibility index (Phi) is 6.56. The lowest BCUT2D eigenvalue weighted by molar-refractivity contribution is -0.130. The maximum absolute atomic E-state index is 12.9. The molecule has 0 aromatic heterocycles. The highest BCUT2D eigenvalue weighted by Crippen LogP contribution is 2.31. The zero-order chi connectivity index (χ0) is 18.4. The Bertz CT molecular complexity index is 635. The summed E-state index contributed by atoms with van der Waals surface area (Å²) in [6.07, 6.45) is 1.49. The summed E-state index contributed by atoms with van der Waals surface area (Å²) in [7, 11) is 1.63. The first-order valence-corrected chi connectivity index (χ1v) is 10.3. The first kappa shape index (κ1) is 19.2. The molecule has 0 saturated carbocycles. The summed E-state index contributed by atoms with van der Waals surface area (Å²) in [6.45, 7) is 3.59. The van der Waals surface area contributed by atoms with Gasteiger partial charge >= 0.3 is 0 Å². The second-order valence-corrected chi connectivity index (χ2v) is 8.13. The Morgan fingerprint density at radius 2 is 2.00 bits per heavy atom. The number of rotatable bonds is 5. The number of nitrogens with one attached hydrogen (secondary N) is 2. The normalized spacial score (nSPS) is 19.8. The Morgan fingerprint density at radius 1 is 1.27 bits per heavy atom. The molecule has 0 unspecified atom stereocenters. The minimum atomic E-state index is -0.510. The second-order valence-electron chi connectivity index (χ2n) is 6.90. The fourth-order valence-corrected chi connectivity index (χ4v) is 4.46. The molecule has 1 aromatic carbocycles. The van der Waals surface area contributed by atoms with Gasteiger partial charge in [0.05, 0.1) is 12.0 Å². The smallest absolute Gasteiger partial charge is 0.253 e. The molecule has 6 nitrogen and oxygen atoms in total. The number of nitrogens with zero attached hydrogens (tertiary/aromatic N) is 1. The van der Waals surface area contributed by atoms with E-state index in [0.717, 1.165) is 50.5 Å². The van der Waals surface area contributed by atoms with Crippen molar-refractivity contribution in [3.63, 3.8) is 0 Å². The van der Waals surface area contributed by atoms with Crippen LogP contribution < -0.4 is 10.6 Å². The number of hydrogen-bond acceptors (Lipinski definition) is 5. The van der Waals surface area contributed by atoms with Gasteiger partial charge in [0.15, 0.2) is 0 Å². The first-order chi connectivity index (χ1) is 12.6. The molecule has 2 aliphatic heterocycles. The minimum absolute atomic E-state index is 0.0279. The molecule has 0 radical (unpaired) electrons. The van der Waals surface area contributed by atoms with Crippen LogP contribution in [0.15, 0.2) is 24.3 Å². The number of carbonyl (C=O) groups is 2. The van der Waals surface area contributed by atoms with Crippen molar-refractivity contribution in [2.75, 3.05) is 56.7 Å². The number of carbonyl (C=O) groups excluding carboxylic acids is 2. The molecule has 2 aliphatic rings. The zero-order valence-corrected chi connectivity index (χ0v) is 16.1. The molecule has 142 valence electrons. The number of amides is 2. The lowest BCUT2D eigenvalue weighted by Gasteiger charge is -2.35. The Balaban J connectivity index is 1.71. The number of thioether (sulfide) groups is 1. The maximum atomic E-state index is 12.9. The number of methoxy groups -OCH3 is 1. The molecule has 0 bridgehead atoms. The summed E-state index contributed by atoms with van der Waals surface area (Å²) in [5.41, 5.74) is 0.784. The lowest BCUT2D eigenvalue weighted by Crippen LogP contribution is -2.47. The van der Waals surface area contributed by atoms with Crippen LogP contribution >= 0.6 is 11.8 Å². The standard InChI is InChI=1S/C19H27N3O3S/c1-25-14-19(5-7-20-8-6-19)18(24)21-16-4-2-3-15(13-16)17(23)22-9-11-26-12-10-22/h2-4,13,20H,5-12,14H2,1H3,(H,21,24). The molecular weight excluding hydrogens is 350 g/mol. The molecule has 7 heteroatoms. The van der Waals surface area contributed by atoms with Gasteiger partial charge in [-0.1, -0.05) is 6.07 Å². The number of hydrogen-bond donors (Lipinski definition) is 2. The van der Waals surface area contributed by atoms with Crippen LogP contribution in [0.3, 0.4) is 0 Å². The van der Waals surface area contributed by atoms with E-state index < -0.39 is 5.41 Å². The van der Waals surface area contributed by atoms with Gasteiger partial charge in [0.25, 0.3) is 5.91 Å². The van der Waals surface area contributed by atoms with Crippen LogP contribution in [-0.4, -0.2) is 68.1 Å². The molecule has 0 spiro atoms. The third kappa shape index (κ3) is 4.39. The topological polar surface area (TPSA) is 70.7 Å². The summed E-state index contributed by atoms with van der Waals surface area (Å²) < 4.78 is 5.33. The predicted octanol–water partition coefficient (Wildman–Crippen LogP) is 1.83.